The minimum absolute atomic E-state index is 0.232. The van der Waals surface area contributed by atoms with Crippen LogP contribution in [0.4, 0.5) is 5.82 Å². The van der Waals surface area contributed by atoms with Crippen LogP contribution in [0.15, 0.2) is 18.5 Å². The van der Waals surface area contributed by atoms with Crippen molar-refractivity contribution in [3.8, 4) is 0 Å². The van der Waals surface area contributed by atoms with E-state index in [2.05, 4.69) is 15.3 Å². The summed E-state index contributed by atoms with van der Waals surface area (Å²) in [6.07, 6.45) is 4.33. The summed E-state index contributed by atoms with van der Waals surface area (Å²) in [7, 11) is 1.93. The highest BCUT2D eigenvalue weighted by atomic mass is 16.4. The maximum Gasteiger partial charge on any atom is 0.339 e. The van der Waals surface area contributed by atoms with Gasteiger partial charge in [-0.3, -0.25) is 0 Å². The van der Waals surface area contributed by atoms with Crippen molar-refractivity contribution in [2.24, 2.45) is 7.05 Å². The van der Waals surface area contributed by atoms with Crippen molar-refractivity contribution >= 4 is 11.8 Å². The molecule has 0 saturated heterocycles. The molecule has 0 aromatic carbocycles. The molecule has 2 aromatic rings. The minimum Gasteiger partial charge on any atom is -0.478 e. The molecular formula is C14H18N4O2. The van der Waals surface area contributed by atoms with Crippen molar-refractivity contribution in [3.05, 3.63) is 41.1 Å². The van der Waals surface area contributed by atoms with E-state index in [4.69, 9.17) is 0 Å². The second kappa shape index (κ2) is 5.73. The second-order valence-corrected chi connectivity index (χ2v) is 4.74. The Morgan fingerprint density at radius 1 is 1.45 bits per heavy atom. The van der Waals surface area contributed by atoms with E-state index >= 15 is 0 Å². The summed E-state index contributed by atoms with van der Waals surface area (Å²) in [5, 5.41) is 12.4. The molecule has 0 saturated carbocycles. The summed E-state index contributed by atoms with van der Waals surface area (Å²) in [4.78, 5) is 19.8. The molecular weight excluding hydrogens is 256 g/mol. The third-order valence-electron chi connectivity index (χ3n) is 3.12. The van der Waals surface area contributed by atoms with Gasteiger partial charge in [0.25, 0.3) is 0 Å². The van der Waals surface area contributed by atoms with Gasteiger partial charge in [-0.2, -0.15) is 0 Å². The van der Waals surface area contributed by atoms with Gasteiger partial charge in [0.2, 0.25) is 0 Å². The third-order valence-corrected chi connectivity index (χ3v) is 3.12. The Hall–Kier alpha value is -2.37. The van der Waals surface area contributed by atoms with E-state index < -0.39 is 5.97 Å². The van der Waals surface area contributed by atoms with E-state index in [9.17, 15) is 9.90 Å². The fourth-order valence-electron chi connectivity index (χ4n) is 2.16. The molecule has 20 heavy (non-hydrogen) atoms. The summed E-state index contributed by atoms with van der Waals surface area (Å²) in [6, 6.07) is 1.77. The number of nitrogens with one attached hydrogen (secondary N) is 1. The molecule has 6 nitrogen and oxygen atoms in total. The highest BCUT2D eigenvalue weighted by Gasteiger charge is 2.15. The van der Waals surface area contributed by atoms with Crippen LogP contribution in [0, 0.1) is 13.8 Å². The Kier molecular flexibility index (Phi) is 4.02. The minimum atomic E-state index is -0.963. The van der Waals surface area contributed by atoms with E-state index in [1.807, 2.05) is 24.7 Å². The molecule has 0 bridgehead atoms. The lowest BCUT2D eigenvalue weighted by Gasteiger charge is -2.11. The quantitative estimate of drug-likeness (QED) is 0.868. The van der Waals surface area contributed by atoms with Crippen LogP contribution in [-0.2, 0) is 13.5 Å². The van der Waals surface area contributed by atoms with Crippen molar-refractivity contribution < 1.29 is 9.90 Å². The molecule has 0 fully saturated rings. The molecule has 2 N–H and O–H groups in total. The number of carboxylic acid groups (broad SMARTS) is 1. The van der Waals surface area contributed by atoms with Crippen LogP contribution in [0.5, 0.6) is 0 Å². The smallest absolute Gasteiger partial charge is 0.339 e. The van der Waals surface area contributed by atoms with Gasteiger partial charge in [-0.1, -0.05) is 0 Å². The number of aromatic nitrogens is 3. The Balaban J connectivity index is 2.13. The van der Waals surface area contributed by atoms with Crippen LogP contribution in [0.3, 0.4) is 0 Å². The lowest BCUT2D eigenvalue weighted by molar-refractivity contribution is 0.0697. The number of nitrogens with zero attached hydrogens (tertiary/aromatic N) is 3. The van der Waals surface area contributed by atoms with Gasteiger partial charge < -0.3 is 15.0 Å². The molecule has 0 unspecified atom stereocenters. The fourth-order valence-corrected chi connectivity index (χ4v) is 2.16. The number of aryl methyl sites for hydroxylation is 3. The number of hydrogen-bond donors (Lipinski definition) is 2. The maximum absolute atomic E-state index is 11.3. The molecule has 2 heterocycles. The highest BCUT2D eigenvalue weighted by molar-refractivity contribution is 5.94. The monoisotopic (exact) mass is 274 g/mol. The first kappa shape index (κ1) is 14.0. The van der Waals surface area contributed by atoms with Crippen LogP contribution in [0.1, 0.15) is 27.4 Å². The van der Waals surface area contributed by atoms with E-state index in [-0.39, 0.29) is 5.56 Å². The maximum atomic E-state index is 11.3. The van der Waals surface area contributed by atoms with Crippen molar-refractivity contribution in [1.82, 2.24) is 14.5 Å². The topological polar surface area (TPSA) is 80.0 Å². The van der Waals surface area contributed by atoms with Crippen molar-refractivity contribution in [2.45, 2.75) is 20.3 Å². The predicted molar refractivity (Wildman–Crippen MR) is 76.1 cm³/mol. The summed E-state index contributed by atoms with van der Waals surface area (Å²) >= 11 is 0. The molecule has 2 aromatic heterocycles. The predicted octanol–water partition coefficient (Wildman–Crippen LogP) is 1.78. The number of aromatic carboxylic acids is 1. The molecule has 0 spiro atoms. The lowest BCUT2D eigenvalue weighted by atomic mass is 10.1. The molecule has 0 aliphatic rings. The van der Waals surface area contributed by atoms with Gasteiger partial charge in [0.15, 0.2) is 0 Å². The first-order valence-electron chi connectivity index (χ1n) is 6.40. The van der Waals surface area contributed by atoms with Crippen LogP contribution in [0.25, 0.3) is 0 Å². The van der Waals surface area contributed by atoms with Crippen molar-refractivity contribution in [2.75, 3.05) is 11.9 Å². The SMILES string of the molecule is Cc1cc(C)c(C(=O)O)c(NCCc2nccn2C)n1. The molecule has 0 aliphatic carbocycles. The number of rotatable bonds is 5. The number of anilines is 1. The second-order valence-electron chi connectivity index (χ2n) is 4.74. The zero-order chi connectivity index (χ0) is 14.7. The molecule has 0 radical (unpaired) electrons. The summed E-state index contributed by atoms with van der Waals surface area (Å²) in [6.45, 7) is 4.21. The number of carboxylic acids is 1. The zero-order valence-electron chi connectivity index (χ0n) is 11.8. The first-order valence-corrected chi connectivity index (χ1v) is 6.40. The largest absolute Gasteiger partial charge is 0.478 e. The van der Waals surface area contributed by atoms with Crippen LogP contribution in [0.2, 0.25) is 0 Å². The van der Waals surface area contributed by atoms with E-state index in [0.717, 1.165) is 11.5 Å². The van der Waals surface area contributed by atoms with Gasteiger partial charge in [-0.05, 0) is 25.5 Å². The normalized spacial score (nSPS) is 10.6. The van der Waals surface area contributed by atoms with Crippen LogP contribution < -0.4 is 5.32 Å². The number of carbonyl (C=O) groups is 1. The van der Waals surface area contributed by atoms with Gasteiger partial charge >= 0.3 is 5.97 Å². The number of imidazole rings is 1. The van der Waals surface area contributed by atoms with Gasteiger partial charge in [0.05, 0.1) is 0 Å². The standard InChI is InChI=1S/C14H18N4O2/c1-9-8-10(2)17-13(12(9)14(19)20)16-5-4-11-15-6-7-18(11)3/h6-8H,4-5H2,1-3H3,(H,16,17)(H,19,20). The summed E-state index contributed by atoms with van der Waals surface area (Å²) in [5.74, 6) is 0.400. The Morgan fingerprint density at radius 2 is 2.20 bits per heavy atom. The first-order chi connectivity index (χ1) is 9.49. The van der Waals surface area contributed by atoms with Gasteiger partial charge in [-0.15, -0.1) is 0 Å². The summed E-state index contributed by atoms with van der Waals surface area (Å²) in [5.41, 5.74) is 1.74. The van der Waals surface area contributed by atoms with Gasteiger partial charge in [-0.25, -0.2) is 14.8 Å². The van der Waals surface area contributed by atoms with E-state index in [1.54, 1.807) is 19.2 Å². The molecule has 0 atom stereocenters. The van der Waals surface area contributed by atoms with E-state index in [1.165, 1.54) is 0 Å². The molecule has 2 rings (SSSR count). The Bertz CT molecular complexity index is 634. The van der Waals surface area contributed by atoms with Crippen molar-refractivity contribution in [3.63, 3.8) is 0 Å². The number of pyridine rings is 1. The Labute approximate surface area is 117 Å². The van der Waals surface area contributed by atoms with Gasteiger partial charge in [0, 0.05) is 38.1 Å². The van der Waals surface area contributed by atoms with Crippen LogP contribution in [-0.4, -0.2) is 32.2 Å². The number of hydrogen-bond acceptors (Lipinski definition) is 4. The van der Waals surface area contributed by atoms with Gasteiger partial charge in [0.1, 0.15) is 17.2 Å². The summed E-state index contributed by atoms with van der Waals surface area (Å²) < 4.78 is 1.94. The fraction of sp³-hybridized carbons (Fsp3) is 0.357. The average molecular weight is 274 g/mol. The van der Waals surface area contributed by atoms with E-state index in [0.29, 0.717) is 24.3 Å². The molecule has 106 valence electrons. The molecule has 6 heteroatoms. The van der Waals surface area contributed by atoms with Crippen LogP contribution >= 0.6 is 0 Å². The zero-order valence-corrected chi connectivity index (χ0v) is 11.8. The average Bonchev–Trinajstić information content (AvgIpc) is 2.73. The molecule has 0 amide bonds. The molecule has 0 aliphatic heterocycles. The van der Waals surface area contributed by atoms with Crippen molar-refractivity contribution in [1.29, 1.82) is 0 Å². The third kappa shape index (κ3) is 2.96. The lowest BCUT2D eigenvalue weighted by Crippen LogP contribution is -2.14. The Morgan fingerprint density at radius 3 is 2.80 bits per heavy atom. The highest BCUT2D eigenvalue weighted by Crippen LogP contribution is 2.18.